The first kappa shape index (κ1) is 15.3. The van der Waals surface area contributed by atoms with E-state index in [-0.39, 0.29) is 23.8 Å². The van der Waals surface area contributed by atoms with E-state index < -0.39 is 5.97 Å². The Balaban J connectivity index is 2.32. The van der Waals surface area contributed by atoms with Crippen LogP contribution in [-0.2, 0) is 11.4 Å². The Labute approximate surface area is 122 Å². The summed E-state index contributed by atoms with van der Waals surface area (Å²) >= 11 is 1.16. The number of nitrogens with zero attached hydrogens (tertiary/aromatic N) is 3. The van der Waals surface area contributed by atoms with Crippen LogP contribution in [-0.4, -0.2) is 36.7 Å². The highest BCUT2D eigenvalue weighted by Gasteiger charge is 2.36. The smallest absolute Gasteiger partial charge is 0.313 e. The van der Waals surface area contributed by atoms with Crippen molar-refractivity contribution in [2.24, 2.45) is 5.41 Å². The van der Waals surface area contributed by atoms with Gasteiger partial charge in [0.05, 0.1) is 5.75 Å². The molecule has 1 heterocycles. The zero-order chi connectivity index (χ0) is 14.8. The Morgan fingerprint density at radius 1 is 1.45 bits per heavy atom. The van der Waals surface area contributed by atoms with Crippen molar-refractivity contribution in [3.05, 3.63) is 5.82 Å². The van der Waals surface area contributed by atoms with Gasteiger partial charge in [-0.15, -0.1) is 10.2 Å². The van der Waals surface area contributed by atoms with E-state index in [1.54, 1.807) is 0 Å². The fourth-order valence-electron chi connectivity index (χ4n) is 2.91. The molecule has 6 nitrogen and oxygen atoms in total. The number of aliphatic carboxylic acids is 1. The SMILES string of the molecule is CC1(C)CCCCC1n1c(CO)nnc1SCC(=O)O. The number of rotatable bonds is 5. The van der Waals surface area contributed by atoms with E-state index in [2.05, 4.69) is 24.0 Å². The highest BCUT2D eigenvalue weighted by Crippen LogP contribution is 2.45. The average Bonchev–Trinajstić information content (AvgIpc) is 2.78. The van der Waals surface area contributed by atoms with Crippen LogP contribution in [0.1, 0.15) is 51.4 Å². The quantitative estimate of drug-likeness (QED) is 0.809. The van der Waals surface area contributed by atoms with Crippen LogP contribution in [0.2, 0.25) is 0 Å². The molecule has 112 valence electrons. The Morgan fingerprint density at radius 3 is 2.80 bits per heavy atom. The van der Waals surface area contributed by atoms with E-state index in [4.69, 9.17) is 5.11 Å². The van der Waals surface area contributed by atoms with Gasteiger partial charge in [-0.25, -0.2) is 0 Å². The topological polar surface area (TPSA) is 88.2 Å². The minimum absolute atomic E-state index is 0.0449. The summed E-state index contributed by atoms with van der Waals surface area (Å²) in [5, 5.41) is 26.9. The molecule has 20 heavy (non-hydrogen) atoms. The van der Waals surface area contributed by atoms with Gasteiger partial charge in [-0.2, -0.15) is 0 Å². The summed E-state index contributed by atoms with van der Waals surface area (Å²) in [6.07, 6.45) is 4.47. The summed E-state index contributed by atoms with van der Waals surface area (Å²) in [6, 6.07) is 0.213. The van der Waals surface area contributed by atoms with Crippen LogP contribution in [0.25, 0.3) is 0 Å². The maximum atomic E-state index is 10.7. The Kier molecular flexibility index (Phi) is 4.70. The molecule has 1 saturated carbocycles. The molecule has 7 heteroatoms. The number of carboxylic acid groups (broad SMARTS) is 1. The van der Waals surface area contributed by atoms with Gasteiger partial charge in [0, 0.05) is 6.04 Å². The minimum atomic E-state index is -0.877. The maximum Gasteiger partial charge on any atom is 0.313 e. The largest absolute Gasteiger partial charge is 0.481 e. The molecular weight excluding hydrogens is 278 g/mol. The van der Waals surface area contributed by atoms with Crippen LogP contribution in [0, 0.1) is 5.41 Å². The lowest BCUT2D eigenvalue weighted by Gasteiger charge is -2.40. The van der Waals surface area contributed by atoms with Gasteiger partial charge < -0.3 is 14.8 Å². The van der Waals surface area contributed by atoms with Crippen LogP contribution >= 0.6 is 11.8 Å². The number of thioether (sulfide) groups is 1. The standard InChI is InChI=1S/C13H21N3O3S/c1-13(2)6-4-3-5-9(13)16-10(7-17)14-15-12(16)20-8-11(18)19/h9,17H,3-8H2,1-2H3,(H,18,19). The van der Waals surface area contributed by atoms with Crippen LogP contribution in [0.4, 0.5) is 0 Å². The third-order valence-corrected chi connectivity index (χ3v) is 4.89. The Morgan fingerprint density at radius 2 is 2.20 bits per heavy atom. The van der Waals surface area contributed by atoms with E-state index in [1.165, 1.54) is 6.42 Å². The van der Waals surface area contributed by atoms with Gasteiger partial charge in [-0.3, -0.25) is 4.79 Å². The molecule has 0 amide bonds. The Bertz CT molecular complexity index is 487. The molecule has 0 saturated heterocycles. The molecule has 2 N–H and O–H groups in total. The predicted octanol–water partition coefficient (Wildman–Crippen LogP) is 2.09. The van der Waals surface area contributed by atoms with Crippen LogP contribution < -0.4 is 0 Å². The normalized spacial score (nSPS) is 21.9. The molecule has 1 aliphatic carbocycles. The molecule has 1 atom stereocenters. The van der Waals surface area contributed by atoms with Crippen LogP contribution in [0.15, 0.2) is 5.16 Å². The molecule has 1 fully saturated rings. The van der Waals surface area contributed by atoms with E-state index in [0.29, 0.717) is 11.0 Å². The van der Waals surface area contributed by atoms with Crippen LogP contribution in [0.3, 0.4) is 0 Å². The minimum Gasteiger partial charge on any atom is -0.481 e. The first-order chi connectivity index (χ1) is 9.45. The first-order valence-corrected chi connectivity index (χ1v) is 7.83. The van der Waals surface area contributed by atoms with E-state index in [0.717, 1.165) is 31.0 Å². The second-order valence-electron chi connectivity index (χ2n) is 5.86. The summed E-state index contributed by atoms with van der Waals surface area (Å²) in [5.74, 6) is -0.396. The molecule has 1 aliphatic rings. The predicted molar refractivity (Wildman–Crippen MR) is 75.6 cm³/mol. The number of aliphatic hydroxyl groups is 1. The summed E-state index contributed by atoms with van der Waals surface area (Å²) in [6.45, 7) is 4.25. The zero-order valence-corrected chi connectivity index (χ0v) is 12.7. The third-order valence-electron chi connectivity index (χ3n) is 3.96. The monoisotopic (exact) mass is 299 g/mol. The Hall–Kier alpha value is -1.08. The molecule has 0 aromatic carbocycles. The number of carboxylic acids is 1. The van der Waals surface area contributed by atoms with E-state index in [1.807, 2.05) is 4.57 Å². The molecule has 0 aliphatic heterocycles. The molecule has 2 rings (SSSR count). The van der Waals surface area contributed by atoms with Gasteiger partial charge in [0.2, 0.25) is 0 Å². The van der Waals surface area contributed by atoms with Gasteiger partial charge >= 0.3 is 5.97 Å². The molecule has 1 aromatic heterocycles. The molecule has 0 spiro atoms. The number of hydrogen-bond acceptors (Lipinski definition) is 5. The third kappa shape index (κ3) is 3.15. The number of aromatic nitrogens is 3. The van der Waals surface area contributed by atoms with Gasteiger partial charge in [0.15, 0.2) is 11.0 Å². The molecule has 0 radical (unpaired) electrons. The lowest BCUT2D eigenvalue weighted by atomic mass is 9.73. The fourth-order valence-corrected chi connectivity index (χ4v) is 3.63. The zero-order valence-electron chi connectivity index (χ0n) is 11.9. The van der Waals surface area contributed by atoms with Crippen molar-refractivity contribution in [2.45, 2.75) is 57.3 Å². The van der Waals surface area contributed by atoms with Crippen LogP contribution in [0.5, 0.6) is 0 Å². The number of carbonyl (C=O) groups is 1. The molecule has 0 bridgehead atoms. The van der Waals surface area contributed by atoms with Crippen molar-refractivity contribution in [3.8, 4) is 0 Å². The van der Waals surface area contributed by atoms with Crippen molar-refractivity contribution in [1.29, 1.82) is 0 Å². The summed E-state index contributed by atoms with van der Waals surface area (Å²) in [7, 11) is 0. The highest BCUT2D eigenvalue weighted by atomic mass is 32.2. The van der Waals surface area contributed by atoms with E-state index >= 15 is 0 Å². The highest BCUT2D eigenvalue weighted by molar-refractivity contribution is 7.99. The molecule has 1 unspecified atom stereocenters. The van der Waals surface area contributed by atoms with Gasteiger partial charge in [0.25, 0.3) is 0 Å². The summed E-state index contributed by atoms with van der Waals surface area (Å²) in [4.78, 5) is 10.7. The number of hydrogen-bond donors (Lipinski definition) is 2. The summed E-state index contributed by atoms with van der Waals surface area (Å²) in [5.41, 5.74) is 0.100. The average molecular weight is 299 g/mol. The van der Waals surface area contributed by atoms with Gasteiger partial charge in [-0.05, 0) is 18.3 Å². The fraction of sp³-hybridized carbons (Fsp3) is 0.769. The van der Waals surface area contributed by atoms with Crippen molar-refractivity contribution in [3.63, 3.8) is 0 Å². The second kappa shape index (κ2) is 6.13. The molecule has 1 aromatic rings. The van der Waals surface area contributed by atoms with Gasteiger partial charge in [-0.1, -0.05) is 38.5 Å². The second-order valence-corrected chi connectivity index (χ2v) is 6.80. The summed E-state index contributed by atoms with van der Waals surface area (Å²) < 4.78 is 1.95. The van der Waals surface area contributed by atoms with Crippen molar-refractivity contribution in [1.82, 2.24) is 14.8 Å². The first-order valence-electron chi connectivity index (χ1n) is 6.85. The lowest BCUT2D eigenvalue weighted by molar-refractivity contribution is -0.133. The van der Waals surface area contributed by atoms with E-state index in [9.17, 15) is 9.90 Å². The van der Waals surface area contributed by atoms with Crippen molar-refractivity contribution in [2.75, 3.05) is 5.75 Å². The van der Waals surface area contributed by atoms with Gasteiger partial charge in [0.1, 0.15) is 6.61 Å². The van der Waals surface area contributed by atoms with Crippen molar-refractivity contribution < 1.29 is 15.0 Å². The maximum absolute atomic E-state index is 10.7. The number of aliphatic hydroxyl groups excluding tert-OH is 1. The molecular formula is C13H21N3O3S. The lowest BCUT2D eigenvalue weighted by Crippen LogP contribution is -2.32. The van der Waals surface area contributed by atoms with Crippen molar-refractivity contribution >= 4 is 17.7 Å².